The fourth-order valence-electron chi connectivity index (χ4n) is 4.01. The summed E-state index contributed by atoms with van der Waals surface area (Å²) in [5.41, 5.74) is 3.27. The SMILES string of the molecule is Cc1cc(CCN2CCN(c3nsc4ccccc34)CC2)ccc1NC(=O)NC(C)C. The van der Waals surface area contributed by atoms with Gasteiger partial charge in [0.15, 0.2) is 0 Å². The van der Waals surface area contributed by atoms with Crippen LogP contribution in [-0.4, -0.2) is 54.1 Å². The summed E-state index contributed by atoms with van der Waals surface area (Å²) in [4.78, 5) is 16.9. The predicted octanol–water partition coefficient (Wildman–Crippen LogP) is 4.50. The van der Waals surface area contributed by atoms with E-state index in [0.29, 0.717) is 0 Å². The third-order valence-electron chi connectivity index (χ3n) is 5.71. The number of urea groups is 1. The minimum absolute atomic E-state index is 0.120. The summed E-state index contributed by atoms with van der Waals surface area (Å²) in [5, 5.41) is 7.06. The highest BCUT2D eigenvalue weighted by molar-refractivity contribution is 7.13. The zero-order chi connectivity index (χ0) is 21.8. The predicted molar refractivity (Wildman–Crippen MR) is 130 cm³/mol. The molecule has 7 heteroatoms. The summed E-state index contributed by atoms with van der Waals surface area (Å²) in [5.74, 6) is 1.14. The number of hydrogen-bond acceptors (Lipinski definition) is 5. The van der Waals surface area contributed by atoms with Crippen LogP contribution in [0.15, 0.2) is 42.5 Å². The van der Waals surface area contributed by atoms with Gasteiger partial charge in [-0.25, -0.2) is 4.79 Å². The molecule has 0 unspecified atom stereocenters. The fourth-order valence-corrected chi connectivity index (χ4v) is 4.81. The number of amides is 2. The Balaban J connectivity index is 1.28. The lowest BCUT2D eigenvalue weighted by molar-refractivity contribution is 0.250. The van der Waals surface area contributed by atoms with E-state index < -0.39 is 0 Å². The zero-order valence-electron chi connectivity index (χ0n) is 18.5. The van der Waals surface area contributed by atoms with Crippen molar-refractivity contribution in [3.8, 4) is 0 Å². The summed E-state index contributed by atoms with van der Waals surface area (Å²) < 4.78 is 5.97. The van der Waals surface area contributed by atoms with Crippen molar-refractivity contribution in [2.24, 2.45) is 0 Å². The van der Waals surface area contributed by atoms with Crippen LogP contribution >= 0.6 is 11.5 Å². The lowest BCUT2D eigenvalue weighted by Crippen LogP contribution is -2.47. The Labute approximate surface area is 188 Å². The standard InChI is InChI=1S/C24H31N5OS/c1-17(2)25-24(30)26-21-9-8-19(16-18(21)3)10-11-28-12-14-29(15-13-28)23-20-6-4-5-7-22(20)31-27-23/h4-9,16-17H,10-15H2,1-3H3,(H2,25,26,30). The average molecular weight is 438 g/mol. The number of anilines is 2. The molecule has 3 aromatic rings. The van der Waals surface area contributed by atoms with E-state index in [-0.39, 0.29) is 12.1 Å². The van der Waals surface area contributed by atoms with Crippen molar-refractivity contribution >= 4 is 39.2 Å². The molecular formula is C24H31N5OS. The Bertz CT molecular complexity index is 1040. The van der Waals surface area contributed by atoms with Gasteiger partial charge in [-0.3, -0.25) is 4.90 Å². The van der Waals surface area contributed by atoms with Crippen molar-refractivity contribution in [2.75, 3.05) is 42.9 Å². The van der Waals surface area contributed by atoms with Gasteiger partial charge in [0.2, 0.25) is 0 Å². The zero-order valence-corrected chi connectivity index (χ0v) is 19.3. The summed E-state index contributed by atoms with van der Waals surface area (Å²) >= 11 is 1.59. The van der Waals surface area contributed by atoms with Gasteiger partial charge in [-0.15, -0.1) is 0 Å². The number of benzene rings is 2. The molecule has 0 spiro atoms. The molecule has 0 saturated carbocycles. The molecule has 2 aromatic carbocycles. The fraction of sp³-hybridized carbons (Fsp3) is 0.417. The Morgan fingerprint density at radius 2 is 1.90 bits per heavy atom. The molecule has 0 radical (unpaired) electrons. The van der Waals surface area contributed by atoms with E-state index in [0.717, 1.165) is 56.2 Å². The molecule has 164 valence electrons. The summed E-state index contributed by atoms with van der Waals surface area (Å²) in [6, 6.07) is 14.8. The minimum Gasteiger partial charge on any atom is -0.353 e. The molecule has 31 heavy (non-hydrogen) atoms. The number of hydrogen-bond donors (Lipinski definition) is 2. The van der Waals surface area contributed by atoms with E-state index in [1.807, 2.05) is 26.8 Å². The molecule has 0 bridgehead atoms. The van der Waals surface area contributed by atoms with Crippen molar-refractivity contribution in [1.29, 1.82) is 0 Å². The number of rotatable bonds is 6. The van der Waals surface area contributed by atoms with E-state index in [2.05, 4.69) is 56.8 Å². The molecule has 1 aromatic heterocycles. The maximum absolute atomic E-state index is 11.9. The van der Waals surface area contributed by atoms with Crippen molar-refractivity contribution in [3.63, 3.8) is 0 Å². The molecule has 2 N–H and O–H groups in total. The number of nitrogens with zero attached hydrogens (tertiary/aromatic N) is 3. The van der Waals surface area contributed by atoms with Crippen molar-refractivity contribution in [2.45, 2.75) is 33.2 Å². The number of aryl methyl sites for hydroxylation is 1. The first-order chi connectivity index (χ1) is 15.0. The van der Waals surface area contributed by atoms with Gasteiger partial charge in [-0.2, -0.15) is 4.37 Å². The highest BCUT2D eigenvalue weighted by Gasteiger charge is 2.20. The first kappa shape index (κ1) is 21.6. The summed E-state index contributed by atoms with van der Waals surface area (Å²) in [6.45, 7) is 11.1. The number of aromatic nitrogens is 1. The first-order valence-corrected chi connectivity index (χ1v) is 11.8. The van der Waals surface area contributed by atoms with Crippen molar-refractivity contribution in [1.82, 2.24) is 14.6 Å². The van der Waals surface area contributed by atoms with Crippen LogP contribution in [-0.2, 0) is 6.42 Å². The molecule has 2 heterocycles. The second-order valence-corrected chi connectivity index (χ2v) is 9.29. The van der Waals surface area contributed by atoms with Gasteiger partial charge in [0, 0.05) is 49.8 Å². The molecule has 4 rings (SSSR count). The lowest BCUT2D eigenvalue weighted by Gasteiger charge is -2.35. The summed E-state index contributed by atoms with van der Waals surface area (Å²) in [7, 11) is 0. The number of carbonyl (C=O) groups excluding carboxylic acids is 1. The van der Waals surface area contributed by atoms with Gasteiger partial charge in [0.25, 0.3) is 0 Å². The van der Waals surface area contributed by atoms with Gasteiger partial charge >= 0.3 is 6.03 Å². The number of nitrogens with one attached hydrogen (secondary N) is 2. The maximum Gasteiger partial charge on any atom is 0.319 e. The van der Waals surface area contributed by atoms with Crippen LogP contribution in [0.2, 0.25) is 0 Å². The van der Waals surface area contributed by atoms with E-state index in [4.69, 9.17) is 4.37 Å². The lowest BCUT2D eigenvalue weighted by atomic mass is 10.1. The summed E-state index contributed by atoms with van der Waals surface area (Å²) in [6.07, 6.45) is 1.01. The molecular weight excluding hydrogens is 406 g/mol. The monoisotopic (exact) mass is 437 g/mol. The largest absolute Gasteiger partial charge is 0.353 e. The van der Waals surface area contributed by atoms with Crippen molar-refractivity contribution in [3.05, 3.63) is 53.6 Å². The average Bonchev–Trinajstić information content (AvgIpc) is 3.18. The molecule has 1 saturated heterocycles. The molecule has 1 fully saturated rings. The van der Waals surface area contributed by atoms with E-state index in [9.17, 15) is 4.79 Å². The highest BCUT2D eigenvalue weighted by atomic mass is 32.1. The van der Waals surface area contributed by atoms with E-state index >= 15 is 0 Å². The number of fused-ring (bicyclic) bond motifs is 1. The second-order valence-electron chi connectivity index (χ2n) is 8.48. The molecule has 0 aliphatic carbocycles. The van der Waals surface area contributed by atoms with Crippen LogP contribution in [0, 0.1) is 6.92 Å². The second kappa shape index (κ2) is 9.66. The number of carbonyl (C=O) groups is 1. The number of piperazine rings is 1. The van der Waals surface area contributed by atoms with Gasteiger partial charge in [0.05, 0.1) is 4.70 Å². The molecule has 1 aliphatic heterocycles. The Hall–Kier alpha value is -2.64. The van der Waals surface area contributed by atoms with Crippen LogP contribution < -0.4 is 15.5 Å². The van der Waals surface area contributed by atoms with Gasteiger partial charge in [-0.05, 0) is 68.1 Å². The highest BCUT2D eigenvalue weighted by Crippen LogP contribution is 2.29. The Morgan fingerprint density at radius 3 is 2.65 bits per heavy atom. The van der Waals surface area contributed by atoms with Gasteiger partial charge in [0.1, 0.15) is 5.82 Å². The van der Waals surface area contributed by atoms with Crippen LogP contribution in [0.5, 0.6) is 0 Å². The Morgan fingerprint density at radius 1 is 1.13 bits per heavy atom. The Kier molecular flexibility index (Phi) is 6.73. The first-order valence-electron chi connectivity index (χ1n) is 11.0. The molecule has 0 atom stereocenters. The van der Waals surface area contributed by atoms with Gasteiger partial charge in [-0.1, -0.05) is 24.3 Å². The van der Waals surface area contributed by atoms with Crippen LogP contribution in [0.1, 0.15) is 25.0 Å². The van der Waals surface area contributed by atoms with Crippen molar-refractivity contribution < 1.29 is 4.79 Å². The van der Waals surface area contributed by atoms with Crippen LogP contribution in [0.4, 0.5) is 16.3 Å². The minimum atomic E-state index is -0.156. The van der Waals surface area contributed by atoms with E-state index in [1.165, 1.54) is 15.6 Å². The molecule has 6 nitrogen and oxygen atoms in total. The van der Waals surface area contributed by atoms with Crippen LogP contribution in [0.3, 0.4) is 0 Å². The molecule has 1 aliphatic rings. The third kappa shape index (κ3) is 5.35. The smallest absolute Gasteiger partial charge is 0.319 e. The van der Waals surface area contributed by atoms with Gasteiger partial charge < -0.3 is 15.5 Å². The quantitative estimate of drug-likeness (QED) is 0.596. The third-order valence-corrected chi connectivity index (χ3v) is 6.52. The van der Waals surface area contributed by atoms with E-state index in [1.54, 1.807) is 11.5 Å². The van der Waals surface area contributed by atoms with Crippen LogP contribution in [0.25, 0.3) is 10.1 Å². The molecule has 2 amide bonds. The normalized spacial score (nSPS) is 14.9. The topological polar surface area (TPSA) is 60.5 Å². The maximum atomic E-state index is 11.9.